The van der Waals surface area contributed by atoms with E-state index in [4.69, 9.17) is 0 Å². The van der Waals surface area contributed by atoms with E-state index < -0.39 is 12.0 Å². The average Bonchev–Trinajstić information content (AvgIpc) is 3.06. The molecule has 31 heavy (non-hydrogen) atoms. The summed E-state index contributed by atoms with van der Waals surface area (Å²) < 4.78 is 0. The lowest BCUT2D eigenvalue weighted by Crippen LogP contribution is -2.38. The molecule has 2 aromatic carbocycles. The number of hydrogen-bond donors (Lipinski definition) is 4. The Morgan fingerprint density at radius 3 is 2.16 bits per heavy atom. The maximum absolute atomic E-state index is 12.0. The van der Waals surface area contributed by atoms with E-state index in [0.29, 0.717) is 18.7 Å². The van der Waals surface area contributed by atoms with Crippen LogP contribution in [-0.4, -0.2) is 27.2 Å². The number of carboxylic acid groups (broad SMARTS) is 1. The van der Waals surface area contributed by atoms with Crippen LogP contribution in [0.25, 0.3) is 10.9 Å². The molecular weight excluding hydrogens is 388 g/mol. The van der Waals surface area contributed by atoms with Crippen molar-refractivity contribution in [1.29, 1.82) is 0 Å². The third-order valence-electron chi connectivity index (χ3n) is 5.74. The molecule has 5 heteroatoms. The highest BCUT2D eigenvalue weighted by Gasteiger charge is 2.27. The van der Waals surface area contributed by atoms with Crippen LogP contribution < -0.4 is 5.32 Å². The minimum Gasteiger partial charge on any atom is -0.507 e. The molecule has 0 aliphatic carbocycles. The van der Waals surface area contributed by atoms with Gasteiger partial charge >= 0.3 is 5.97 Å². The summed E-state index contributed by atoms with van der Waals surface area (Å²) in [6.07, 6.45) is 2.27. The first-order chi connectivity index (χ1) is 14.4. The molecule has 0 fully saturated rings. The lowest BCUT2D eigenvalue weighted by atomic mass is 9.78. The van der Waals surface area contributed by atoms with Crippen molar-refractivity contribution in [2.75, 3.05) is 0 Å². The topological polar surface area (TPSA) is 85.4 Å². The number of aromatic hydroxyl groups is 1. The number of carbonyl (C=O) groups is 1. The average molecular weight is 423 g/mol. The summed E-state index contributed by atoms with van der Waals surface area (Å²) in [7, 11) is 0. The standard InChI is InChI=1S/C26H34N2O3/c1-25(2,3)19-11-16(12-20(23(19)29)26(4,5)6)14-27-22(24(30)31)13-17-15-28-21-10-8-7-9-18(17)21/h7-12,15,22,27-29H,13-14H2,1-6H3,(H,30,31). The molecule has 0 bridgehead atoms. The number of rotatable bonds is 6. The van der Waals surface area contributed by atoms with Crippen LogP contribution >= 0.6 is 0 Å². The number of fused-ring (bicyclic) bond motifs is 1. The zero-order valence-corrected chi connectivity index (χ0v) is 19.3. The minimum absolute atomic E-state index is 0.226. The Labute approximate surface area is 184 Å². The minimum atomic E-state index is -0.879. The number of aliphatic carboxylic acids is 1. The van der Waals surface area contributed by atoms with Gasteiger partial charge in [0.1, 0.15) is 11.8 Å². The fraction of sp³-hybridized carbons (Fsp3) is 0.423. The number of para-hydroxylation sites is 1. The normalized spacial score (nSPS) is 13.5. The molecule has 3 aromatic rings. The first kappa shape index (κ1) is 22.9. The van der Waals surface area contributed by atoms with Crippen molar-refractivity contribution in [3.05, 3.63) is 64.8 Å². The molecule has 166 valence electrons. The van der Waals surface area contributed by atoms with Crippen molar-refractivity contribution in [2.45, 2.75) is 71.4 Å². The smallest absolute Gasteiger partial charge is 0.321 e. The van der Waals surface area contributed by atoms with Gasteiger partial charge in [0.15, 0.2) is 0 Å². The Bertz CT molecular complexity index is 1050. The van der Waals surface area contributed by atoms with Gasteiger partial charge in [-0.1, -0.05) is 71.9 Å². The molecule has 0 saturated heterocycles. The van der Waals surface area contributed by atoms with Crippen LogP contribution in [0.3, 0.4) is 0 Å². The van der Waals surface area contributed by atoms with Gasteiger partial charge in [0.25, 0.3) is 0 Å². The second kappa shape index (κ2) is 8.39. The van der Waals surface area contributed by atoms with Crippen LogP contribution in [0.5, 0.6) is 5.75 Å². The fourth-order valence-corrected chi connectivity index (χ4v) is 3.95. The quantitative estimate of drug-likeness (QED) is 0.437. The molecule has 0 radical (unpaired) electrons. The second-order valence-electron chi connectivity index (χ2n) is 10.4. The molecule has 1 aromatic heterocycles. The Morgan fingerprint density at radius 1 is 1.03 bits per heavy atom. The molecule has 0 spiro atoms. The highest BCUT2D eigenvalue weighted by molar-refractivity contribution is 5.84. The van der Waals surface area contributed by atoms with Gasteiger partial charge in [-0.25, -0.2) is 0 Å². The zero-order valence-electron chi connectivity index (χ0n) is 19.3. The zero-order chi connectivity index (χ0) is 23.0. The van der Waals surface area contributed by atoms with Gasteiger partial charge in [0, 0.05) is 30.1 Å². The fourth-order valence-electron chi connectivity index (χ4n) is 3.95. The molecule has 0 amide bonds. The van der Waals surface area contributed by atoms with Crippen molar-refractivity contribution < 1.29 is 15.0 Å². The molecule has 1 atom stereocenters. The number of phenolic OH excluding ortho intramolecular Hbond substituents is 1. The molecule has 4 N–H and O–H groups in total. The van der Waals surface area contributed by atoms with Crippen LogP contribution in [0.2, 0.25) is 0 Å². The van der Waals surface area contributed by atoms with E-state index in [2.05, 4.69) is 51.8 Å². The molecule has 0 aliphatic heterocycles. The summed E-state index contributed by atoms with van der Waals surface area (Å²) >= 11 is 0. The van der Waals surface area contributed by atoms with Crippen molar-refractivity contribution in [2.24, 2.45) is 0 Å². The van der Waals surface area contributed by atoms with Gasteiger partial charge in [-0.15, -0.1) is 0 Å². The Hall–Kier alpha value is -2.79. The van der Waals surface area contributed by atoms with Gasteiger partial charge in [0.05, 0.1) is 0 Å². The summed E-state index contributed by atoms with van der Waals surface area (Å²) in [5.41, 5.74) is 4.25. The molecule has 0 aliphatic rings. The monoisotopic (exact) mass is 422 g/mol. The number of aromatic amines is 1. The molecule has 1 heterocycles. The third-order valence-corrected chi connectivity index (χ3v) is 5.74. The highest BCUT2D eigenvalue weighted by Crippen LogP contribution is 2.39. The molecular formula is C26H34N2O3. The number of nitrogens with one attached hydrogen (secondary N) is 2. The number of phenols is 1. The maximum atomic E-state index is 12.0. The van der Waals surface area contributed by atoms with E-state index >= 15 is 0 Å². The third kappa shape index (κ3) is 5.10. The molecule has 3 rings (SSSR count). The number of H-pyrrole nitrogens is 1. The van der Waals surface area contributed by atoms with Crippen molar-refractivity contribution >= 4 is 16.9 Å². The van der Waals surface area contributed by atoms with Crippen LogP contribution in [-0.2, 0) is 28.6 Å². The lowest BCUT2D eigenvalue weighted by molar-refractivity contribution is -0.139. The SMILES string of the molecule is CC(C)(C)c1cc(CNC(Cc2c[nH]c3ccccc23)C(=O)O)cc(C(C)(C)C)c1O. The van der Waals surface area contributed by atoms with E-state index in [-0.39, 0.29) is 10.8 Å². The first-order valence-corrected chi connectivity index (χ1v) is 10.8. The first-order valence-electron chi connectivity index (χ1n) is 10.8. The van der Waals surface area contributed by atoms with Crippen LogP contribution in [0.4, 0.5) is 0 Å². The van der Waals surface area contributed by atoms with E-state index in [1.165, 1.54) is 0 Å². The van der Waals surface area contributed by atoms with Gasteiger partial charge in [0.2, 0.25) is 0 Å². The highest BCUT2D eigenvalue weighted by atomic mass is 16.4. The number of hydrogen-bond acceptors (Lipinski definition) is 3. The van der Waals surface area contributed by atoms with E-state index in [0.717, 1.165) is 33.2 Å². The Kier molecular flexibility index (Phi) is 6.19. The summed E-state index contributed by atoms with van der Waals surface area (Å²) in [6, 6.07) is 11.2. The predicted octanol–water partition coefficient (Wildman–Crippen LogP) is 5.25. The van der Waals surface area contributed by atoms with Crippen LogP contribution in [0, 0.1) is 0 Å². The van der Waals surface area contributed by atoms with Crippen molar-refractivity contribution in [3.63, 3.8) is 0 Å². The van der Waals surface area contributed by atoms with E-state index in [9.17, 15) is 15.0 Å². The van der Waals surface area contributed by atoms with Gasteiger partial charge in [-0.2, -0.15) is 0 Å². The number of carboxylic acids is 1. The van der Waals surface area contributed by atoms with E-state index in [1.54, 1.807) is 0 Å². The van der Waals surface area contributed by atoms with Crippen molar-refractivity contribution in [1.82, 2.24) is 10.3 Å². The number of aromatic nitrogens is 1. The van der Waals surface area contributed by atoms with Crippen LogP contribution in [0.15, 0.2) is 42.6 Å². The molecule has 1 unspecified atom stereocenters. The summed E-state index contributed by atoms with van der Waals surface area (Å²) in [6.45, 7) is 12.8. The number of benzene rings is 2. The summed E-state index contributed by atoms with van der Waals surface area (Å²) in [4.78, 5) is 15.2. The van der Waals surface area contributed by atoms with Crippen molar-refractivity contribution in [3.8, 4) is 5.75 Å². The largest absolute Gasteiger partial charge is 0.507 e. The van der Waals surface area contributed by atoms with Crippen LogP contribution in [0.1, 0.15) is 63.8 Å². The second-order valence-corrected chi connectivity index (χ2v) is 10.4. The lowest BCUT2D eigenvalue weighted by Gasteiger charge is -2.28. The maximum Gasteiger partial charge on any atom is 0.321 e. The Morgan fingerprint density at radius 2 is 1.61 bits per heavy atom. The van der Waals surface area contributed by atoms with E-state index in [1.807, 2.05) is 42.6 Å². The Balaban J connectivity index is 1.87. The van der Waals surface area contributed by atoms with Gasteiger partial charge < -0.3 is 20.5 Å². The molecule has 5 nitrogen and oxygen atoms in total. The van der Waals surface area contributed by atoms with Gasteiger partial charge in [-0.3, -0.25) is 4.79 Å². The summed E-state index contributed by atoms with van der Waals surface area (Å²) in [5.74, 6) is -0.548. The summed E-state index contributed by atoms with van der Waals surface area (Å²) in [5, 5.41) is 25.0. The van der Waals surface area contributed by atoms with Gasteiger partial charge in [-0.05, 0) is 39.2 Å². The predicted molar refractivity (Wildman–Crippen MR) is 126 cm³/mol. The molecule has 0 saturated carbocycles.